The number of aromatic amines is 1. The molecule has 0 aliphatic heterocycles. The molecule has 0 amide bonds. The number of carboxylic acid groups (broad SMARTS) is 1. The van der Waals surface area contributed by atoms with Crippen molar-refractivity contribution >= 4 is 21.7 Å². The van der Waals surface area contributed by atoms with Crippen LogP contribution in [0.25, 0.3) is 0 Å². The summed E-state index contributed by atoms with van der Waals surface area (Å²) >= 11 is 0. The first-order valence-corrected chi connectivity index (χ1v) is 7.10. The van der Waals surface area contributed by atoms with Crippen LogP contribution < -0.4 is 4.72 Å². The fraction of sp³-hybridized carbons (Fsp3) is 0.0833. The Hall–Kier alpha value is -2.42. The molecule has 0 aliphatic rings. The summed E-state index contributed by atoms with van der Waals surface area (Å²) in [5, 5.41) is 9.02. The lowest BCUT2D eigenvalue weighted by molar-refractivity contribution is 0.0697. The van der Waals surface area contributed by atoms with Gasteiger partial charge < -0.3 is 10.1 Å². The Morgan fingerprint density at radius 1 is 1.29 bits per heavy atom. The Morgan fingerprint density at radius 2 is 1.95 bits per heavy atom. The van der Waals surface area contributed by atoms with Gasteiger partial charge in [-0.2, -0.15) is 0 Å². The summed E-state index contributed by atoms with van der Waals surface area (Å²) in [6.07, 6.45) is 1.16. The summed E-state index contributed by atoms with van der Waals surface area (Å²) in [5.74, 6) is -3.82. The molecule has 9 heteroatoms. The van der Waals surface area contributed by atoms with Gasteiger partial charge in [0, 0.05) is 11.9 Å². The fourth-order valence-electron chi connectivity index (χ4n) is 1.73. The maximum Gasteiger partial charge on any atom is 0.339 e. The first-order chi connectivity index (χ1) is 9.72. The van der Waals surface area contributed by atoms with Crippen LogP contribution in [0.4, 0.5) is 14.5 Å². The minimum atomic E-state index is -4.24. The van der Waals surface area contributed by atoms with Gasteiger partial charge in [-0.15, -0.1) is 0 Å². The first-order valence-electron chi connectivity index (χ1n) is 5.61. The highest BCUT2D eigenvalue weighted by Gasteiger charge is 2.22. The second kappa shape index (κ2) is 5.17. The van der Waals surface area contributed by atoms with Crippen molar-refractivity contribution in [2.75, 3.05) is 4.72 Å². The zero-order valence-electron chi connectivity index (χ0n) is 10.6. The SMILES string of the molecule is Cc1[nH]cc(NS(=O)(=O)c2ccc(F)c(F)c2)c1C(=O)O. The molecule has 2 aromatic rings. The third-order valence-electron chi connectivity index (χ3n) is 2.74. The van der Waals surface area contributed by atoms with E-state index in [-0.39, 0.29) is 16.9 Å². The average Bonchev–Trinajstić information content (AvgIpc) is 2.73. The van der Waals surface area contributed by atoms with Crippen molar-refractivity contribution in [2.45, 2.75) is 11.8 Å². The van der Waals surface area contributed by atoms with Gasteiger partial charge in [0.25, 0.3) is 10.0 Å². The fourth-order valence-corrected chi connectivity index (χ4v) is 2.80. The number of carboxylic acids is 1. The Morgan fingerprint density at radius 3 is 2.52 bits per heavy atom. The second-order valence-electron chi connectivity index (χ2n) is 4.19. The zero-order valence-corrected chi connectivity index (χ0v) is 11.5. The predicted molar refractivity (Wildman–Crippen MR) is 69.7 cm³/mol. The van der Waals surface area contributed by atoms with Crippen LogP contribution in [0.3, 0.4) is 0 Å². The quantitative estimate of drug-likeness (QED) is 0.804. The van der Waals surface area contributed by atoms with Crippen molar-refractivity contribution in [1.82, 2.24) is 4.98 Å². The first kappa shape index (κ1) is 15.0. The van der Waals surface area contributed by atoms with E-state index in [9.17, 15) is 22.0 Å². The molecule has 0 aliphatic carbocycles. The number of rotatable bonds is 4. The van der Waals surface area contributed by atoms with E-state index in [1.165, 1.54) is 6.92 Å². The van der Waals surface area contributed by atoms with Gasteiger partial charge in [0.1, 0.15) is 5.56 Å². The predicted octanol–water partition coefficient (Wildman–Crippen LogP) is 2.10. The molecular weight excluding hydrogens is 306 g/mol. The van der Waals surface area contributed by atoms with E-state index in [1.807, 2.05) is 4.72 Å². The van der Waals surface area contributed by atoms with Crippen molar-refractivity contribution in [3.8, 4) is 0 Å². The molecule has 3 N–H and O–H groups in total. The second-order valence-corrected chi connectivity index (χ2v) is 5.87. The van der Waals surface area contributed by atoms with E-state index < -0.39 is 32.5 Å². The van der Waals surface area contributed by atoms with Crippen LogP contribution in [0, 0.1) is 18.6 Å². The molecule has 1 aromatic heterocycles. The van der Waals surface area contributed by atoms with Crippen LogP contribution in [0.1, 0.15) is 16.1 Å². The van der Waals surface area contributed by atoms with Crippen molar-refractivity contribution in [3.63, 3.8) is 0 Å². The minimum absolute atomic E-state index is 0.190. The molecule has 1 heterocycles. The van der Waals surface area contributed by atoms with E-state index in [4.69, 9.17) is 5.11 Å². The summed E-state index contributed by atoms with van der Waals surface area (Å²) in [4.78, 5) is 13.1. The van der Waals surface area contributed by atoms with Crippen LogP contribution in [0.15, 0.2) is 29.3 Å². The number of halogens is 2. The Bertz CT molecular complexity index is 815. The average molecular weight is 316 g/mol. The summed E-state index contributed by atoms with van der Waals surface area (Å²) in [6.45, 7) is 1.46. The van der Waals surface area contributed by atoms with Gasteiger partial charge in [-0.25, -0.2) is 22.0 Å². The number of H-pyrrole nitrogens is 1. The molecule has 6 nitrogen and oxygen atoms in total. The van der Waals surface area contributed by atoms with Crippen LogP contribution >= 0.6 is 0 Å². The standard InChI is InChI=1S/C12H10F2N2O4S/c1-6-11(12(17)18)10(5-15-6)16-21(19,20)7-2-3-8(13)9(14)4-7/h2-5,15-16H,1H3,(H,17,18). The van der Waals surface area contributed by atoms with E-state index in [2.05, 4.69) is 4.98 Å². The maximum atomic E-state index is 13.1. The van der Waals surface area contributed by atoms with E-state index in [0.29, 0.717) is 12.1 Å². The van der Waals surface area contributed by atoms with Crippen LogP contribution in [0.2, 0.25) is 0 Å². The number of benzene rings is 1. The molecule has 0 spiro atoms. The summed E-state index contributed by atoms with van der Waals surface area (Å²) < 4.78 is 52.0. The third kappa shape index (κ3) is 2.87. The monoisotopic (exact) mass is 316 g/mol. The van der Waals surface area contributed by atoms with Gasteiger partial charge in [-0.3, -0.25) is 4.72 Å². The summed E-state index contributed by atoms with van der Waals surface area (Å²) in [7, 11) is -4.24. The number of aromatic carboxylic acids is 1. The lowest BCUT2D eigenvalue weighted by Gasteiger charge is -2.08. The molecule has 0 saturated carbocycles. The Labute approximate surface area is 118 Å². The summed E-state index contributed by atoms with van der Waals surface area (Å²) in [6, 6.07) is 2.06. The van der Waals surface area contributed by atoms with Gasteiger partial charge >= 0.3 is 5.97 Å². The number of anilines is 1. The number of sulfonamides is 1. The third-order valence-corrected chi connectivity index (χ3v) is 4.10. The molecule has 21 heavy (non-hydrogen) atoms. The van der Waals surface area contributed by atoms with Gasteiger partial charge in [0.15, 0.2) is 11.6 Å². The van der Waals surface area contributed by atoms with Gasteiger partial charge in [0.2, 0.25) is 0 Å². The van der Waals surface area contributed by atoms with E-state index >= 15 is 0 Å². The highest BCUT2D eigenvalue weighted by molar-refractivity contribution is 7.92. The van der Waals surface area contributed by atoms with E-state index in [1.54, 1.807) is 0 Å². The number of aromatic nitrogens is 1. The van der Waals surface area contributed by atoms with Crippen molar-refractivity contribution in [3.05, 3.63) is 47.3 Å². The smallest absolute Gasteiger partial charge is 0.339 e. The van der Waals surface area contributed by atoms with E-state index in [0.717, 1.165) is 12.3 Å². The largest absolute Gasteiger partial charge is 0.478 e. The maximum absolute atomic E-state index is 13.1. The van der Waals surface area contributed by atoms with Crippen LogP contribution in [-0.2, 0) is 10.0 Å². The Balaban J connectivity index is 2.42. The number of hydrogen-bond acceptors (Lipinski definition) is 3. The minimum Gasteiger partial charge on any atom is -0.478 e. The number of aryl methyl sites for hydroxylation is 1. The molecule has 0 fully saturated rings. The van der Waals surface area contributed by atoms with Crippen LogP contribution in [0.5, 0.6) is 0 Å². The van der Waals surface area contributed by atoms with Gasteiger partial charge in [-0.1, -0.05) is 0 Å². The molecule has 0 unspecified atom stereocenters. The van der Waals surface area contributed by atoms with Gasteiger partial charge in [-0.05, 0) is 25.1 Å². The Kier molecular flexibility index (Phi) is 3.69. The molecule has 1 aromatic carbocycles. The molecule has 0 saturated heterocycles. The van der Waals surface area contributed by atoms with Crippen molar-refractivity contribution < 1.29 is 27.1 Å². The molecule has 2 rings (SSSR count). The molecular formula is C12H10F2N2O4S. The number of carbonyl (C=O) groups is 1. The number of hydrogen-bond donors (Lipinski definition) is 3. The van der Waals surface area contributed by atoms with Crippen molar-refractivity contribution in [2.24, 2.45) is 0 Å². The molecule has 112 valence electrons. The number of nitrogens with one attached hydrogen (secondary N) is 2. The highest BCUT2D eigenvalue weighted by Crippen LogP contribution is 2.23. The highest BCUT2D eigenvalue weighted by atomic mass is 32.2. The lowest BCUT2D eigenvalue weighted by Crippen LogP contribution is -2.15. The molecule has 0 radical (unpaired) electrons. The molecule has 0 bridgehead atoms. The molecule has 0 atom stereocenters. The van der Waals surface area contributed by atoms with Gasteiger partial charge in [0.05, 0.1) is 10.6 Å². The lowest BCUT2D eigenvalue weighted by atomic mass is 10.2. The zero-order chi connectivity index (χ0) is 15.8. The normalized spacial score (nSPS) is 11.4. The topological polar surface area (TPSA) is 99.3 Å². The summed E-state index contributed by atoms with van der Waals surface area (Å²) in [5.41, 5.74) is -0.184. The van der Waals surface area contributed by atoms with Crippen LogP contribution in [-0.4, -0.2) is 24.5 Å². The van der Waals surface area contributed by atoms with Crippen molar-refractivity contribution in [1.29, 1.82) is 0 Å².